The maximum absolute atomic E-state index is 11.8. The van der Waals surface area contributed by atoms with Crippen molar-refractivity contribution >= 4 is 12.1 Å². The smallest absolute Gasteiger partial charge is 0.410 e. The van der Waals surface area contributed by atoms with Gasteiger partial charge < -0.3 is 9.84 Å². The van der Waals surface area contributed by atoms with Crippen LogP contribution < -0.4 is 0 Å². The van der Waals surface area contributed by atoms with Crippen LogP contribution in [0.25, 0.3) is 0 Å². The van der Waals surface area contributed by atoms with Crippen LogP contribution in [0.3, 0.4) is 0 Å². The van der Waals surface area contributed by atoms with Crippen LogP contribution in [-0.4, -0.2) is 40.3 Å². The maximum atomic E-state index is 11.8. The number of piperidine rings is 1. The molecule has 1 fully saturated rings. The number of carbonyl (C=O) groups is 2. The van der Waals surface area contributed by atoms with Crippen LogP contribution in [0.4, 0.5) is 4.79 Å². The van der Waals surface area contributed by atoms with Gasteiger partial charge in [-0.3, -0.25) is 4.90 Å². The molecule has 0 radical (unpaired) electrons. The van der Waals surface area contributed by atoms with Crippen LogP contribution in [-0.2, 0) is 9.53 Å². The second-order valence-electron chi connectivity index (χ2n) is 4.62. The third kappa shape index (κ3) is 2.46. The van der Waals surface area contributed by atoms with E-state index >= 15 is 0 Å². The summed E-state index contributed by atoms with van der Waals surface area (Å²) in [5, 5.41) is 9.20. The minimum Gasteiger partial charge on any atom is -0.480 e. The summed E-state index contributed by atoms with van der Waals surface area (Å²) in [7, 11) is 0. The minimum absolute atomic E-state index is 0.229. The molecule has 1 heterocycles. The number of likely N-dealkylation sites (tertiary alicyclic amines) is 1. The predicted molar refractivity (Wildman–Crippen MR) is 58.2 cm³/mol. The van der Waals surface area contributed by atoms with Crippen LogP contribution in [0.15, 0.2) is 0 Å². The van der Waals surface area contributed by atoms with E-state index in [0.717, 1.165) is 12.8 Å². The molecule has 0 spiro atoms. The zero-order valence-electron chi connectivity index (χ0n) is 10.0. The van der Waals surface area contributed by atoms with E-state index in [1.165, 1.54) is 4.90 Å². The summed E-state index contributed by atoms with van der Waals surface area (Å²) < 4.78 is 5.06. The monoisotopic (exact) mass is 229 g/mol. The van der Waals surface area contributed by atoms with Gasteiger partial charge in [0.2, 0.25) is 0 Å². The van der Waals surface area contributed by atoms with Gasteiger partial charge in [-0.15, -0.1) is 0 Å². The van der Waals surface area contributed by atoms with Gasteiger partial charge in [0, 0.05) is 6.54 Å². The molecular weight excluding hydrogens is 210 g/mol. The van der Waals surface area contributed by atoms with Crippen LogP contribution in [0.2, 0.25) is 0 Å². The normalized spacial score (nSPS) is 25.6. The Morgan fingerprint density at radius 2 is 2.00 bits per heavy atom. The molecule has 16 heavy (non-hydrogen) atoms. The second-order valence-corrected chi connectivity index (χ2v) is 4.62. The van der Waals surface area contributed by atoms with E-state index in [1.807, 2.05) is 0 Å². The molecule has 1 saturated heterocycles. The average molecular weight is 229 g/mol. The lowest BCUT2D eigenvalue weighted by Gasteiger charge is -2.40. The Bertz CT molecular complexity index is 290. The summed E-state index contributed by atoms with van der Waals surface area (Å²) in [5.41, 5.74) is -1.12. The fourth-order valence-corrected chi connectivity index (χ4v) is 1.90. The summed E-state index contributed by atoms with van der Waals surface area (Å²) in [4.78, 5) is 24.3. The van der Waals surface area contributed by atoms with E-state index in [9.17, 15) is 14.7 Å². The lowest BCUT2D eigenvalue weighted by atomic mass is 9.89. The van der Waals surface area contributed by atoms with Crippen molar-refractivity contribution in [1.82, 2.24) is 4.90 Å². The highest BCUT2D eigenvalue weighted by Gasteiger charge is 2.44. The Kier molecular flexibility index (Phi) is 3.78. The van der Waals surface area contributed by atoms with Crippen molar-refractivity contribution in [2.45, 2.75) is 51.7 Å². The standard InChI is InChI=1S/C11H19NO4/c1-8(2)16-10(15)12-7-5-4-6-11(12,3)9(13)14/h8H,4-7H2,1-3H3,(H,13,14). The van der Waals surface area contributed by atoms with Crippen LogP contribution >= 0.6 is 0 Å². The number of hydrogen-bond acceptors (Lipinski definition) is 3. The van der Waals surface area contributed by atoms with Crippen molar-refractivity contribution in [1.29, 1.82) is 0 Å². The summed E-state index contributed by atoms with van der Waals surface area (Å²) in [6, 6.07) is 0. The summed E-state index contributed by atoms with van der Waals surface area (Å²) in [6.07, 6.45) is 1.38. The van der Waals surface area contributed by atoms with Crippen molar-refractivity contribution in [3.8, 4) is 0 Å². The van der Waals surface area contributed by atoms with Gasteiger partial charge in [0.15, 0.2) is 0 Å². The molecule has 5 nitrogen and oxygen atoms in total. The summed E-state index contributed by atoms with van der Waals surface area (Å²) in [6.45, 7) is 5.53. The van der Waals surface area contributed by atoms with E-state index in [-0.39, 0.29) is 6.10 Å². The first-order chi connectivity index (χ1) is 7.38. The number of ether oxygens (including phenoxy) is 1. The topological polar surface area (TPSA) is 66.8 Å². The van der Waals surface area contributed by atoms with Gasteiger partial charge in [-0.1, -0.05) is 0 Å². The first-order valence-corrected chi connectivity index (χ1v) is 5.59. The SMILES string of the molecule is CC(C)OC(=O)N1CCCCC1(C)C(=O)O. The Labute approximate surface area is 95.4 Å². The average Bonchev–Trinajstić information content (AvgIpc) is 2.16. The molecule has 0 aliphatic carbocycles. The quantitative estimate of drug-likeness (QED) is 0.784. The third-order valence-electron chi connectivity index (χ3n) is 2.91. The molecule has 0 aromatic heterocycles. The molecule has 0 aromatic carbocycles. The number of amides is 1. The number of carboxylic acids is 1. The molecule has 1 aliphatic heterocycles. The Morgan fingerprint density at radius 1 is 1.38 bits per heavy atom. The van der Waals surface area contributed by atoms with Crippen molar-refractivity contribution in [3.05, 3.63) is 0 Å². The number of aliphatic carboxylic acids is 1. The molecule has 5 heteroatoms. The molecule has 1 aliphatic rings. The van der Waals surface area contributed by atoms with Gasteiger partial charge in [-0.2, -0.15) is 0 Å². The lowest BCUT2D eigenvalue weighted by molar-refractivity contribution is -0.151. The molecule has 1 atom stereocenters. The molecular formula is C11H19NO4. The number of carboxylic acid groups (broad SMARTS) is 1. The van der Waals surface area contributed by atoms with E-state index in [1.54, 1.807) is 20.8 Å². The van der Waals surface area contributed by atoms with Crippen LogP contribution in [0.5, 0.6) is 0 Å². The number of carbonyl (C=O) groups excluding carboxylic acids is 1. The Balaban J connectivity index is 2.82. The minimum atomic E-state index is -1.12. The van der Waals surface area contributed by atoms with Crippen LogP contribution in [0.1, 0.15) is 40.0 Å². The Morgan fingerprint density at radius 3 is 2.50 bits per heavy atom. The fraction of sp³-hybridized carbons (Fsp3) is 0.818. The second kappa shape index (κ2) is 4.72. The summed E-state index contributed by atoms with van der Waals surface area (Å²) in [5.74, 6) is -0.965. The van der Waals surface area contributed by atoms with Gasteiger partial charge in [-0.25, -0.2) is 9.59 Å². The molecule has 1 rings (SSSR count). The largest absolute Gasteiger partial charge is 0.480 e. The van der Waals surface area contributed by atoms with Crippen LogP contribution in [0, 0.1) is 0 Å². The van der Waals surface area contributed by atoms with Crippen molar-refractivity contribution in [2.24, 2.45) is 0 Å². The zero-order chi connectivity index (χ0) is 12.3. The molecule has 0 bridgehead atoms. The van der Waals surface area contributed by atoms with E-state index in [0.29, 0.717) is 13.0 Å². The van der Waals surface area contributed by atoms with Gasteiger partial charge >= 0.3 is 12.1 Å². The highest BCUT2D eigenvalue weighted by molar-refractivity contribution is 5.84. The number of nitrogens with zero attached hydrogens (tertiary/aromatic N) is 1. The van der Waals surface area contributed by atoms with Gasteiger partial charge in [0.05, 0.1) is 6.10 Å². The lowest BCUT2D eigenvalue weighted by Crippen LogP contribution is -2.57. The summed E-state index contributed by atoms with van der Waals surface area (Å²) >= 11 is 0. The molecule has 92 valence electrons. The Hall–Kier alpha value is -1.26. The van der Waals surface area contributed by atoms with E-state index < -0.39 is 17.6 Å². The third-order valence-corrected chi connectivity index (χ3v) is 2.91. The first-order valence-electron chi connectivity index (χ1n) is 5.59. The predicted octanol–water partition coefficient (Wildman–Crippen LogP) is 1.86. The van der Waals surface area contributed by atoms with Crippen molar-refractivity contribution in [2.75, 3.05) is 6.54 Å². The highest BCUT2D eigenvalue weighted by atomic mass is 16.6. The zero-order valence-corrected chi connectivity index (χ0v) is 10.0. The maximum Gasteiger partial charge on any atom is 0.410 e. The first kappa shape index (κ1) is 12.8. The van der Waals surface area contributed by atoms with Gasteiger partial charge in [-0.05, 0) is 40.0 Å². The van der Waals surface area contributed by atoms with E-state index in [4.69, 9.17) is 4.74 Å². The van der Waals surface area contributed by atoms with Crippen molar-refractivity contribution in [3.63, 3.8) is 0 Å². The molecule has 1 amide bonds. The molecule has 0 aromatic rings. The molecule has 1 unspecified atom stereocenters. The van der Waals surface area contributed by atoms with Crippen molar-refractivity contribution < 1.29 is 19.4 Å². The van der Waals surface area contributed by atoms with Gasteiger partial charge in [0.1, 0.15) is 5.54 Å². The number of hydrogen-bond donors (Lipinski definition) is 1. The molecule has 0 saturated carbocycles. The van der Waals surface area contributed by atoms with E-state index in [2.05, 4.69) is 0 Å². The molecule has 1 N–H and O–H groups in total. The fourth-order valence-electron chi connectivity index (χ4n) is 1.90. The highest BCUT2D eigenvalue weighted by Crippen LogP contribution is 2.29. The number of rotatable bonds is 2. The van der Waals surface area contributed by atoms with Gasteiger partial charge in [0.25, 0.3) is 0 Å².